The number of alkyl halides is 2. The summed E-state index contributed by atoms with van der Waals surface area (Å²) < 4.78 is 28.5. The van der Waals surface area contributed by atoms with E-state index >= 15 is 0 Å². The molecule has 100 valence electrons. The molecule has 1 amide bonds. The SMILES string of the molecule is O=C1CSC(=S)N1/N=C/c1ccc(OC(F)F)cc1. The summed E-state index contributed by atoms with van der Waals surface area (Å²) in [7, 11) is 0. The van der Waals surface area contributed by atoms with E-state index < -0.39 is 6.61 Å². The van der Waals surface area contributed by atoms with Crippen LogP contribution in [0.1, 0.15) is 5.56 Å². The van der Waals surface area contributed by atoms with Crippen LogP contribution in [0.25, 0.3) is 0 Å². The molecule has 1 aromatic rings. The molecular weight excluding hydrogens is 294 g/mol. The predicted molar refractivity (Wildman–Crippen MR) is 72.6 cm³/mol. The molecule has 0 unspecified atom stereocenters. The quantitative estimate of drug-likeness (QED) is 0.633. The maximum absolute atomic E-state index is 12.0. The maximum Gasteiger partial charge on any atom is 0.387 e. The van der Waals surface area contributed by atoms with Crippen LogP contribution in [0, 0.1) is 0 Å². The highest BCUT2D eigenvalue weighted by atomic mass is 32.2. The molecule has 1 saturated heterocycles. The highest BCUT2D eigenvalue weighted by molar-refractivity contribution is 8.23. The van der Waals surface area contributed by atoms with E-state index in [1.54, 1.807) is 12.1 Å². The van der Waals surface area contributed by atoms with Gasteiger partial charge in [-0.25, -0.2) is 0 Å². The number of benzene rings is 1. The molecule has 0 aliphatic carbocycles. The van der Waals surface area contributed by atoms with Crippen molar-refractivity contribution < 1.29 is 18.3 Å². The minimum Gasteiger partial charge on any atom is -0.435 e. The van der Waals surface area contributed by atoms with Gasteiger partial charge in [0.05, 0.1) is 12.0 Å². The summed E-state index contributed by atoms with van der Waals surface area (Å²) in [4.78, 5) is 11.4. The lowest BCUT2D eigenvalue weighted by Gasteiger charge is -2.07. The topological polar surface area (TPSA) is 41.9 Å². The number of nitrogens with zero attached hydrogens (tertiary/aromatic N) is 2. The highest BCUT2D eigenvalue weighted by Crippen LogP contribution is 2.19. The molecule has 0 atom stereocenters. The highest BCUT2D eigenvalue weighted by Gasteiger charge is 2.25. The Morgan fingerprint density at radius 1 is 1.42 bits per heavy atom. The zero-order valence-electron chi connectivity index (χ0n) is 9.45. The van der Waals surface area contributed by atoms with Gasteiger partial charge in [-0.05, 0) is 29.8 Å². The largest absolute Gasteiger partial charge is 0.435 e. The minimum atomic E-state index is -2.85. The molecule has 19 heavy (non-hydrogen) atoms. The molecule has 0 N–H and O–H groups in total. The van der Waals surface area contributed by atoms with Crippen molar-refractivity contribution in [2.75, 3.05) is 5.75 Å². The molecule has 0 bridgehead atoms. The second-order valence-corrected chi connectivity index (χ2v) is 5.06. The molecule has 0 radical (unpaired) electrons. The molecule has 1 aromatic carbocycles. The first-order valence-corrected chi connectivity index (χ1v) is 6.54. The summed E-state index contributed by atoms with van der Waals surface area (Å²) in [5.74, 6) is 0.177. The number of thiocarbonyl (C=S) groups is 1. The van der Waals surface area contributed by atoms with Crippen LogP contribution < -0.4 is 4.74 Å². The number of thioether (sulfide) groups is 1. The molecule has 1 aliphatic rings. The van der Waals surface area contributed by atoms with E-state index in [0.717, 1.165) is 5.01 Å². The van der Waals surface area contributed by atoms with Gasteiger partial charge in [-0.3, -0.25) is 4.79 Å². The predicted octanol–water partition coefficient (Wildman–Crippen LogP) is 2.48. The Balaban J connectivity index is 2.03. The molecule has 1 aliphatic heterocycles. The summed E-state index contributed by atoms with van der Waals surface area (Å²) >= 11 is 6.20. The van der Waals surface area contributed by atoms with Crippen LogP contribution in [0.5, 0.6) is 5.75 Å². The fourth-order valence-corrected chi connectivity index (χ4v) is 2.29. The van der Waals surface area contributed by atoms with E-state index in [-0.39, 0.29) is 17.4 Å². The van der Waals surface area contributed by atoms with Crippen LogP contribution in [0.3, 0.4) is 0 Å². The number of rotatable bonds is 4. The first-order chi connectivity index (χ1) is 9.06. The number of hydrogen-bond acceptors (Lipinski definition) is 5. The molecule has 1 heterocycles. The number of halogens is 2. The third-order valence-corrected chi connectivity index (χ3v) is 3.49. The number of carbonyl (C=O) groups excluding carboxylic acids is 1. The van der Waals surface area contributed by atoms with Crippen LogP contribution >= 0.6 is 24.0 Å². The lowest BCUT2D eigenvalue weighted by atomic mass is 10.2. The first-order valence-electron chi connectivity index (χ1n) is 5.15. The lowest BCUT2D eigenvalue weighted by molar-refractivity contribution is -0.124. The van der Waals surface area contributed by atoms with Gasteiger partial charge in [0.2, 0.25) is 0 Å². The number of hydrogen-bond donors (Lipinski definition) is 0. The molecule has 1 fully saturated rings. The molecule has 0 aromatic heterocycles. The van der Waals surface area contributed by atoms with Gasteiger partial charge in [0.15, 0.2) is 4.32 Å². The fourth-order valence-electron chi connectivity index (χ4n) is 1.32. The Bertz CT molecular complexity index is 504. The third-order valence-electron chi connectivity index (χ3n) is 2.16. The summed E-state index contributed by atoms with van der Waals surface area (Å²) in [6, 6.07) is 5.90. The second kappa shape index (κ2) is 6.07. The van der Waals surface area contributed by atoms with Gasteiger partial charge >= 0.3 is 6.61 Å². The van der Waals surface area contributed by atoms with Gasteiger partial charge in [-0.2, -0.15) is 18.9 Å². The van der Waals surface area contributed by atoms with Gasteiger partial charge < -0.3 is 4.74 Å². The average Bonchev–Trinajstić information content (AvgIpc) is 2.68. The maximum atomic E-state index is 12.0. The van der Waals surface area contributed by atoms with Crippen molar-refractivity contribution in [3.63, 3.8) is 0 Å². The van der Waals surface area contributed by atoms with Crippen molar-refractivity contribution in [2.24, 2.45) is 5.10 Å². The average molecular weight is 302 g/mol. The number of ether oxygens (including phenoxy) is 1. The van der Waals surface area contributed by atoms with Crippen molar-refractivity contribution in [3.8, 4) is 5.75 Å². The van der Waals surface area contributed by atoms with Crippen molar-refractivity contribution in [1.29, 1.82) is 0 Å². The lowest BCUT2D eigenvalue weighted by Crippen LogP contribution is -2.22. The van der Waals surface area contributed by atoms with Crippen LogP contribution in [0.4, 0.5) is 8.78 Å². The van der Waals surface area contributed by atoms with Crippen molar-refractivity contribution >= 4 is 40.4 Å². The normalized spacial score (nSPS) is 15.8. The zero-order valence-corrected chi connectivity index (χ0v) is 11.1. The molecule has 4 nitrogen and oxygen atoms in total. The smallest absolute Gasteiger partial charge is 0.387 e. The fraction of sp³-hybridized carbons (Fsp3) is 0.182. The van der Waals surface area contributed by atoms with Gasteiger partial charge in [0, 0.05) is 0 Å². The zero-order chi connectivity index (χ0) is 13.8. The molecule has 8 heteroatoms. The Hall–Kier alpha value is -1.54. The molecule has 0 saturated carbocycles. The van der Waals surface area contributed by atoms with E-state index in [1.807, 2.05) is 0 Å². The number of carbonyl (C=O) groups is 1. The van der Waals surface area contributed by atoms with E-state index in [0.29, 0.717) is 9.88 Å². The van der Waals surface area contributed by atoms with Crippen molar-refractivity contribution in [2.45, 2.75) is 6.61 Å². The first kappa shape index (κ1) is 13.9. The Labute approximate surface area is 117 Å². The van der Waals surface area contributed by atoms with E-state index in [2.05, 4.69) is 9.84 Å². The summed E-state index contributed by atoms with van der Waals surface area (Å²) in [6.07, 6.45) is 1.43. The van der Waals surface area contributed by atoms with E-state index in [4.69, 9.17) is 12.2 Å². The van der Waals surface area contributed by atoms with Crippen LogP contribution in [-0.2, 0) is 4.79 Å². The molecule has 2 rings (SSSR count). The van der Waals surface area contributed by atoms with Crippen LogP contribution in [0.15, 0.2) is 29.4 Å². The van der Waals surface area contributed by atoms with E-state index in [9.17, 15) is 13.6 Å². The summed E-state index contributed by atoms with van der Waals surface area (Å²) in [5.41, 5.74) is 0.647. The summed E-state index contributed by atoms with van der Waals surface area (Å²) in [5, 5.41) is 5.10. The van der Waals surface area contributed by atoms with Crippen LogP contribution in [0.2, 0.25) is 0 Å². The Morgan fingerprint density at radius 3 is 2.63 bits per heavy atom. The second-order valence-electron chi connectivity index (χ2n) is 3.45. The molecule has 0 spiro atoms. The van der Waals surface area contributed by atoms with Gasteiger partial charge in [0.25, 0.3) is 5.91 Å². The van der Waals surface area contributed by atoms with Gasteiger partial charge in [-0.15, -0.1) is 0 Å². The van der Waals surface area contributed by atoms with Gasteiger partial charge in [-0.1, -0.05) is 24.0 Å². The molecular formula is C11H8F2N2O2S2. The van der Waals surface area contributed by atoms with Gasteiger partial charge in [0.1, 0.15) is 5.75 Å². The summed E-state index contributed by atoms with van der Waals surface area (Å²) in [6.45, 7) is -2.85. The van der Waals surface area contributed by atoms with E-state index in [1.165, 1.54) is 30.1 Å². The number of hydrazone groups is 1. The monoisotopic (exact) mass is 302 g/mol. The minimum absolute atomic E-state index is 0.0653. The third kappa shape index (κ3) is 3.71. The Morgan fingerprint density at radius 2 is 2.11 bits per heavy atom. The standard InChI is InChI=1S/C11H8F2N2O2S2/c12-10(13)17-8-3-1-7(2-4-8)5-14-15-9(16)6-19-11(15)18/h1-5,10H,6H2/b14-5+. The Kier molecular flexibility index (Phi) is 4.43. The number of amides is 1. The van der Waals surface area contributed by atoms with Crippen LogP contribution in [-0.4, -0.2) is 33.8 Å². The van der Waals surface area contributed by atoms with Crippen molar-refractivity contribution in [3.05, 3.63) is 29.8 Å². The van der Waals surface area contributed by atoms with Crippen molar-refractivity contribution in [1.82, 2.24) is 5.01 Å².